The number of carbonyl (C=O) groups is 2. The highest BCUT2D eigenvalue weighted by molar-refractivity contribution is 5.95. The van der Waals surface area contributed by atoms with Gasteiger partial charge in [0.05, 0.1) is 19.8 Å². The molecular formula is C21H23NO5. The predicted molar refractivity (Wildman–Crippen MR) is 104 cm³/mol. The molecule has 0 saturated heterocycles. The number of hydrogen-bond donors (Lipinski definition) is 1. The molecule has 6 nitrogen and oxygen atoms in total. The Morgan fingerprint density at radius 3 is 2.56 bits per heavy atom. The molecule has 0 aliphatic heterocycles. The molecule has 1 amide bonds. The zero-order valence-electron chi connectivity index (χ0n) is 15.7. The van der Waals surface area contributed by atoms with E-state index in [1.54, 1.807) is 37.5 Å². The summed E-state index contributed by atoms with van der Waals surface area (Å²) in [5.74, 6) is 0.204. The molecule has 6 heteroatoms. The van der Waals surface area contributed by atoms with E-state index in [4.69, 9.17) is 14.2 Å². The van der Waals surface area contributed by atoms with Crippen molar-refractivity contribution in [3.63, 3.8) is 0 Å². The topological polar surface area (TPSA) is 73.9 Å². The summed E-state index contributed by atoms with van der Waals surface area (Å²) in [7, 11) is 2.85. The summed E-state index contributed by atoms with van der Waals surface area (Å²) >= 11 is 0. The van der Waals surface area contributed by atoms with Crippen molar-refractivity contribution in [1.82, 2.24) is 0 Å². The van der Waals surface area contributed by atoms with Crippen LogP contribution in [0.3, 0.4) is 0 Å². The largest absolute Gasteiger partial charge is 0.493 e. The van der Waals surface area contributed by atoms with Crippen molar-refractivity contribution in [2.45, 2.75) is 13.3 Å². The van der Waals surface area contributed by atoms with Crippen molar-refractivity contribution < 1.29 is 23.8 Å². The average Bonchev–Trinajstić information content (AvgIpc) is 2.68. The third-order valence-corrected chi connectivity index (χ3v) is 3.90. The van der Waals surface area contributed by atoms with Crippen molar-refractivity contribution in [2.75, 3.05) is 26.1 Å². The molecule has 0 radical (unpaired) electrons. The van der Waals surface area contributed by atoms with Crippen LogP contribution in [0.2, 0.25) is 0 Å². The molecule has 2 rings (SSSR count). The van der Waals surface area contributed by atoms with Gasteiger partial charge < -0.3 is 19.5 Å². The highest BCUT2D eigenvalue weighted by Crippen LogP contribution is 2.28. The number of hydrogen-bond acceptors (Lipinski definition) is 5. The molecule has 0 aliphatic rings. The molecule has 0 heterocycles. The Labute approximate surface area is 158 Å². The first-order chi connectivity index (χ1) is 13.0. The van der Waals surface area contributed by atoms with E-state index in [0.717, 1.165) is 11.1 Å². The fourth-order valence-corrected chi connectivity index (χ4v) is 2.46. The maximum atomic E-state index is 12.3. The van der Waals surface area contributed by atoms with Crippen LogP contribution >= 0.6 is 0 Å². The Hall–Kier alpha value is -3.28. The van der Waals surface area contributed by atoms with Gasteiger partial charge in [-0.25, -0.2) is 4.79 Å². The lowest BCUT2D eigenvalue weighted by molar-refractivity contribution is -0.118. The molecule has 142 valence electrons. The van der Waals surface area contributed by atoms with E-state index >= 15 is 0 Å². The number of methoxy groups -OCH3 is 2. The molecule has 27 heavy (non-hydrogen) atoms. The van der Waals surface area contributed by atoms with Gasteiger partial charge in [-0.1, -0.05) is 18.2 Å². The van der Waals surface area contributed by atoms with Crippen molar-refractivity contribution in [3.05, 3.63) is 65.7 Å². The number of nitrogens with one attached hydrogen (secondary N) is 1. The zero-order chi connectivity index (χ0) is 19.8. The SMILES string of the molecule is C=CCc1ccc(OCC(=O)Nc2cc(C(=O)OC)ccc2C)c(OC)c1. The number of anilines is 1. The second-order valence-corrected chi connectivity index (χ2v) is 5.84. The van der Waals surface area contributed by atoms with Gasteiger partial charge in [-0.05, 0) is 48.7 Å². The van der Waals surface area contributed by atoms with E-state index in [1.165, 1.54) is 7.11 Å². The summed E-state index contributed by atoms with van der Waals surface area (Å²) in [5, 5.41) is 2.74. The van der Waals surface area contributed by atoms with Crippen LogP contribution in [-0.4, -0.2) is 32.7 Å². The first kappa shape index (κ1) is 20.0. The van der Waals surface area contributed by atoms with E-state index in [9.17, 15) is 9.59 Å². The third-order valence-electron chi connectivity index (χ3n) is 3.90. The Bertz CT molecular complexity index is 844. The maximum absolute atomic E-state index is 12.3. The molecule has 0 aromatic heterocycles. The Morgan fingerprint density at radius 1 is 1.11 bits per heavy atom. The lowest BCUT2D eigenvalue weighted by Gasteiger charge is -2.13. The molecule has 0 atom stereocenters. The van der Waals surface area contributed by atoms with Crippen LogP contribution in [0.4, 0.5) is 5.69 Å². The summed E-state index contributed by atoms with van der Waals surface area (Å²) < 4.78 is 15.6. The fraction of sp³-hybridized carbons (Fsp3) is 0.238. The monoisotopic (exact) mass is 369 g/mol. The standard InChI is InChI=1S/C21H23NO5/c1-5-6-15-8-10-18(19(11-15)25-3)27-13-20(23)22-17-12-16(21(24)26-4)9-7-14(17)2/h5,7-12H,1,6,13H2,2-4H3,(H,22,23). The van der Waals surface area contributed by atoms with Crippen LogP contribution in [0.1, 0.15) is 21.5 Å². The van der Waals surface area contributed by atoms with Crippen molar-refractivity contribution >= 4 is 17.6 Å². The lowest BCUT2D eigenvalue weighted by atomic mass is 10.1. The Balaban J connectivity index is 2.04. The minimum atomic E-state index is -0.467. The van der Waals surface area contributed by atoms with Gasteiger partial charge in [0, 0.05) is 5.69 Å². The van der Waals surface area contributed by atoms with Crippen molar-refractivity contribution in [3.8, 4) is 11.5 Å². The summed E-state index contributed by atoms with van der Waals surface area (Å²) in [4.78, 5) is 23.9. The highest BCUT2D eigenvalue weighted by Gasteiger charge is 2.12. The van der Waals surface area contributed by atoms with Gasteiger partial charge in [-0.3, -0.25) is 4.79 Å². The van der Waals surface area contributed by atoms with Gasteiger partial charge in [-0.15, -0.1) is 6.58 Å². The van der Waals surface area contributed by atoms with Gasteiger partial charge in [0.25, 0.3) is 5.91 Å². The second kappa shape index (κ2) is 9.43. The minimum Gasteiger partial charge on any atom is -0.493 e. The normalized spacial score (nSPS) is 10.0. The van der Waals surface area contributed by atoms with E-state index in [1.807, 2.05) is 19.1 Å². The van der Waals surface area contributed by atoms with Gasteiger partial charge in [0.2, 0.25) is 0 Å². The number of allylic oxidation sites excluding steroid dienone is 1. The van der Waals surface area contributed by atoms with Gasteiger partial charge in [0.1, 0.15) is 0 Å². The molecule has 0 spiro atoms. The molecular weight excluding hydrogens is 346 g/mol. The molecule has 0 saturated carbocycles. The smallest absolute Gasteiger partial charge is 0.337 e. The molecule has 0 unspecified atom stereocenters. The molecule has 2 aromatic rings. The Morgan fingerprint density at radius 2 is 1.89 bits per heavy atom. The molecule has 0 bridgehead atoms. The number of esters is 1. The van der Waals surface area contributed by atoms with Gasteiger partial charge in [-0.2, -0.15) is 0 Å². The second-order valence-electron chi connectivity index (χ2n) is 5.84. The van der Waals surface area contributed by atoms with Gasteiger partial charge >= 0.3 is 5.97 Å². The lowest BCUT2D eigenvalue weighted by Crippen LogP contribution is -2.21. The Kier molecular flexibility index (Phi) is 7.00. The quantitative estimate of drug-likeness (QED) is 0.569. The number of benzene rings is 2. The van der Waals surface area contributed by atoms with Crippen LogP contribution in [0.25, 0.3) is 0 Å². The van der Waals surface area contributed by atoms with Gasteiger partial charge in [0.15, 0.2) is 18.1 Å². The van der Waals surface area contributed by atoms with Crippen LogP contribution in [-0.2, 0) is 16.0 Å². The predicted octanol–water partition coefficient (Wildman–Crippen LogP) is 3.54. The van der Waals surface area contributed by atoms with E-state index in [0.29, 0.717) is 29.2 Å². The van der Waals surface area contributed by atoms with E-state index < -0.39 is 5.97 Å². The minimum absolute atomic E-state index is 0.195. The van der Waals surface area contributed by atoms with E-state index in [-0.39, 0.29) is 12.5 Å². The van der Waals surface area contributed by atoms with Crippen molar-refractivity contribution in [2.24, 2.45) is 0 Å². The van der Waals surface area contributed by atoms with Crippen molar-refractivity contribution in [1.29, 1.82) is 0 Å². The van der Waals surface area contributed by atoms with Crippen LogP contribution in [0.5, 0.6) is 11.5 Å². The summed E-state index contributed by atoms with van der Waals surface area (Å²) in [5.41, 5.74) is 2.75. The third kappa shape index (κ3) is 5.34. The number of amides is 1. The van der Waals surface area contributed by atoms with E-state index in [2.05, 4.69) is 11.9 Å². The number of carbonyl (C=O) groups excluding carboxylic acids is 2. The fourth-order valence-electron chi connectivity index (χ4n) is 2.46. The molecule has 0 aliphatic carbocycles. The molecule has 1 N–H and O–H groups in total. The number of aryl methyl sites for hydroxylation is 1. The zero-order valence-corrected chi connectivity index (χ0v) is 15.7. The highest BCUT2D eigenvalue weighted by atomic mass is 16.5. The maximum Gasteiger partial charge on any atom is 0.337 e. The van der Waals surface area contributed by atoms with Crippen LogP contribution < -0.4 is 14.8 Å². The molecule has 0 fully saturated rings. The summed E-state index contributed by atoms with van der Waals surface area (Å²) in [6.07, 6.45) is 2.51. The number of ether oxygens (including phenoxy) is 3. The number of rotatable bonds is 8. The summed E-state index contributed by atoms with van der Waals surface area (Å²) in [6.45, 7) is 5.35. The van der Waals surface area contributed by atoms with Crippen LogP contribution in [0, 0.1) is 6.92 Å². The first-order valence-electron chi connectivity index (χ1n) is 8.38. The average molecular weight is 369 g/mol. The molecule has 2 aromatic carbocycles. The van der Waals surface area contributed by atoms with Crippen LogP contribution in [0.15, 0.2) is 49.1 Å². The summed E-state index contributed by atoms with van der Waals surface area (Å²) in [6, 6.07) is 10.4. The first-order valence-corrected chi connectivity index (χ1v) is 8.38.